The maximum atomic E-state index is 6.20. The zero-order valence-corrected chi connectivity index (χ0v) is 18.5. The van der Waals surface area contributed by atoms with Crippen LogP contribution < -0.4 is 19.5 Å². The van der Waals surface area contributed by atoms with E-state index < -0.39 is 0 Å². The molecule has 6 heteroatoms. The van der Waals surface area contributed by atoms with Gasteiger partial charge in [0.15, 0.2) is 11.5 Å². The fraction of sp³-hybridized carbons (Fsp3) is 0.423. The monoisotopic (exact) mass is 434 g/mol. The van der Waals surface area contributed by atoms with Crippen LogP contribution in [0.15, 0.2) is 48.7 Å². The van der Waals surface area contributed by atoms with Crippen molar-refractivity contribution in [3.8, 4) is 17.2 Å². The first-order valence-corrected chi connectivity index (χ1v) is 11.4. The van der Waals surface area contributed by atoms with E-state index in [1.54, 1.807) is 7.11 Å². The number of fused-ring (bicyclic) bond motifs is 2. The lowest BCUT2D eigenvalue weighted by atomic mass is 9.97. The Bertz CT molecular complexity index is 1060. The molecule has 0 bridgehead atoms. The van der Waals surface area contributed by atoms with Crippen molar-refractivity contribution >= 4 is 10.9 Å². The average Bonchev–Trinajstić information content (AvgIpc) is 2.86. The normalized spacial score (nSPS) is 20.3. The summed E-state index contributed by atoms with van der Waals surface area (Å²) < 4.78 is 22.9. The van der Waals surface area contributed by atoms with E-state index in [9.17, 15) is 0 Å². The number of hydrogen-bond acceptors (Lipinski definition) is 6. The second kappa shape index (κ2) is 9.76. The summed E-state index contributed by atoms with van der Waals surface area (Å²) in [6, 6.07) is 14.7. The number of nitrogens with zero attached hydrogens (tertiary/aromatic N) is 1. The Labute approximate surface area is 188 Å². The van der Waals surface area contributed by atoms with E-state index in [0.717, 1.165) is 61.6 Å². The molecule has 0 radical (unpaired) electrons. The van der Waals surface area contributed by atoms with Gasteiger partial charge in [-0.05, 0) is 73.2 Å². The largest absolute Gasteiger partial charge is 0.497 e. The van der Waals surface area contributed by atoms with Crippen LogP contribution in [0.2, 0.25) is 0 Å². The molecule has 1 fully saturated rings. The van der Waals surface area contributed by atoms with Crippen molar-refractivity contribution in [2.45, 2.75) is 44.4 Å². The van der Waals surface area contributed by atoms with E-state index >= 15 is 0 Å². The highest BCUT2D eigenvalue weighted by molar-refractivity contribution is 5.83. The second-order valence-electron chi connectivity index (χ2n) is 8.48. The SMILES string of the molecule is COc1ccc2nccc(CC[C@H]3CC[C@@H](NCc4ccc5c(c4)OCCO5)CO3)c2c1. The zero-order chi connectivity index (χ0) is 21.8. The van der Waals surface area contributed by atoms with Gasteiger partial charge >= 0.3 is 0 Å². The third-order valence-electron chi connectivity index (χ3n) is 6.35. The van der Waals surface area contributed by atoms with E-state index in [4.69, 9.17) is 18.9 Å². The molecule has 0 spiro atoms. The van der Waals surface area contributed by atoms with E-state index in [0.29, 0.717) is 25.4 Å². The van der Waals surface area contributed by atoms with E-state index in [1.807, 2.05) is 24.4 Å². The van der Waals surface area contributed by atoms with Crippen molar-refractivity contribution in [3.63, 3.8) is 0 Å². The summed E-state index contributed by atoms with van der Waals surface area (Å²) >= 11 is 0. The van der Waals surface area contributed by atoms with Crippen LogP contribution in [0.3, 0.4) is 0 Å². The number of nitrogens with one attached hydrogen (secondary N) is 1. The Morgan fingerprint density at radius 2 is 1.94 bits per heavy atom. The summed E-state index contributed by atoms with van der Waals surface area (Å²) in [5.74, 6) is 2.55. The van der Waals surface area contributed by atoms with Gasteiger partial charge in [0.25, 0.3) is 0 Å². The zero-order valence-electron chi connectivity index (χ0n) is 18.5. The molecule has 2 atom stereocenters. The van der Waals surface area contributed by atoms with Gasteiger partial charge < -0.3 is 24.3 Å². The van der Waals surface area contributed by atoms with Crippen molar-refractivity contribution in [2.75, 3.05) is 26.9 Å². The van der Waals surface area contributed by atoms with Gasteiger partial charge in [0.2, 0.25) is 0 Å². The molecule has 2 aliphatic heterocycles. The first-order chi connectivity index (χ1) is 15.8. The van der Waals surface area contributed by atoms with Crippen LogP contribution in [-0.4, -0.2) is 44.1 Å². The topological polar surface area (TPSA) is 61.8 Å². The summed E-state index contributed by atoms with van der Waals surface area (Å²) in [6.07, 6.45) is 6.39. The minimum absolute atomic E-state index is 0.302. The Morgan fingerprint density at radius 3 is 2.78 bits per heavy atom. The van der Waals surface area contributed by atoms with Crippen molar-refractivity contribution in [1.82, 2.24) is 10.3 Å². The van der Waals surface area contributed by atoms with Crippen molar-refractivity contribution in [3.05, 3.63) is 59.8 Å². The fourth-order valence-electron chi connectivity index (χ4n) is 4.50. The number of ether oxygens (including phenoxy) is 4. The molecular formula is C26H30N2O4. The maximum Gasteiger partial charge on any atom is 0.161 e. The Balaban J connectivity index is 1.10. The molecule has 3 heterocycles. The van der Waals surface area contributed by atoms with E-state index in [1.165, 1.54) is 16.5 Å². The number of aromatic nitrogens is 1. The average molecular weight is 435 g/mol. The standard InChI is InChI=1S/C26H30N2O4/c1-29-22-7-8-24-23(15-22)19(10-11-27-24)3-5-21-6-4-20(17-32-21)28-16-18-2-9-25-26(14-18)31-13-12-30-25/h2,7-11,14-15,20-21,28H,3-6,12-13,16-17H2,1H3/t20-,21+/m1/s1. The lowest BCUT2D eigenvalue weighted by molar-refractivity contribution is -0.00695. The molecule has 6 nitrogen and oxygen atoms in total. The molecule has 168 valence electrons. The van der Waals surface area contributed by atoms with Crippen LogP contribution in [0.1, 0.15) is 30.4 Å². The second-order valence-corrected chi connectivity index (χ2v) is 8.48. The van der Waals surface area contributed by atoms with E-state index in [2.05, 4.69) is 34.6 Å². The first-order valence-electron chi connectivity index (χ1n) is 11.4. The Kier molecular flexibility index (Phi) is 6.41. The molecule has 2 aromatic carbocycles. The highest BCUT2D eigenvalue weighted by Crippen LogP contribution is 2.31. The quantitative estimate of drug-likeness (QED) is 0.599. The highest BCUT2D eigenvalue weighted by atomic mass is 16.6. The fourth-order valence-corrected chi connectivity index (χ4v) is 4.50. The van der Waals surface area contributed by atoms with Gasteiger partial charge in [-0.25, -0.2) is 0 Å². The van der Waals surface area contributed by atoms with Crippen LogP contribution in [0.5, 0.6) is 17.2 Å². The van der Waals surface area contributed by atoms with Gasteiger partial charge in [-0.2, -0.15) is 0 Å². The Hall–Kier alpha value is -2.83. The molecule has 1 aromatic heterocycles. The predicted molar refractivity (Wildman–Crippen MR) is 124 cm³/mol. The van der Waals surface area contributed by atoms with Gasteiger partial charge in [0.05, 0.1) is 25.3 Å². The van der Waals surface area contributed by atoms with Crippen LogP contribution in [-0.2, 0) is 17.7 Å². The molecule has 0 amide bonds. The minimum Gasteiger partial charge on any atom is -0.497 e. The van der Waals surface area contributed by atoms with Gasteiger partial charge in [-0.15, -0.1) is 0 Å². The first kappa shape index (κ1) is 21.0. The molecule has 1 N–H and O–H groups in total. The van der Waals surface area contributed by atoms with Crippen LogP contribution in [0.4, 0.5) is 0 Å². The van der Waals surface area contributed by atoms with Gasteiger partial charge in [0, 0.05) is 24.2 Å². The molecule has 0 aliphatic carbocycles. The summed E-state index contributed by atoms with van der Waals surface area (Å²) in [4.78, 5) is 4.48. The predicted octanol–water partition coefficient (Wildman–Crippen LogP) is 4.28. The number of hydrogen-bond donors (Lipinski definition) is 1. The van der Waals surface area contributed by atoms with Gasteiger partial charge in [0.1, 0.15) is 19.0 Å². The number of aryl methyl sites for hydroxylation is 1. The van der Waals surface area contributed by atoms with Crippen molar-refractivity contribution in [1.29, 1.82) is 0 Å². The summed E-state index contributed by atoms with van der Waals surface area (Å²) in [7, 11) is 1.70. The van der Waals surface area contributed by atoms with E-state index in [-0.39, 0.29) is 0 Å². The molecule has 3 aromatic rings. The van der Waals surface area contributed by atoms with Crippen LogP contribution in [0.25, 0.3) is 10.9 Å². The van der Waals surface area contributed by atoms with Gasteiger partial charge in [-0.1, -0.05) is 6.07 Å². The molecular weight excluding hydrogens is 404 g/mol. The lowest BCUT2D eigenvalue weighted by Gasteiger charge is -2.30. The third-order valence-corrected chi connectivity index (χ3v) is 6.35. The maximum absolute atomic E-state index is 6.20. The number of pyridine rings is 1. The molecule has 5 rings (SSSR count). The molecule has 1 saturated heterocycles. The molecule has 32 heavy (non-hydrogen) atoms. The lowest BCUT2D eigenvalue weighted by Crippen LogP contribution is -2.39. The molecule has 0 saturated carbocycles. The smallest absolute Gasteiger partial charge is 0.161 e. The van der Waals surface area contributed by atoms with Crippen LogP contribution in [0, 0.1) is 0 Å². The highest BCUT2D eigenvalue weighted by Gasteiger charge is 2.22. The third kappa shape index (κ3) is 4.81. The minimum atomic E-state index is 0.302. The number of methoxy groups -OCH3 is 1. The van der Waals surface area contributed by atoms with Crippen molar-refractivity contribution in [2.24, 2.45) is 0 Å². The molecule has 0 unspecified atom stereocenters. The summed E-state index contributed by atoms with van der Waals surface area (Å²) in [5, 5.41) is 4.80. The Morgan fingerprint density at radius 1 is 1.03 bits per heavy atom. The van der Waals surface area contributed by atoms with Crippen LogP contribution >= 0.6 is 0 Å². The van der Waals surface area contributed by atoms with Crippen molar-refractivity contribution < 1.29 is 18.9 Å². The number of benzene rings is 2. The molecule has 2 aliphatic rings. The number of rotatable bonds is 7. The summed E-state index contributed by atoms with van der Waals surface area (Å²) in [6.45, 7) is 2.79. The summed E-state index contributed by atoms with van der Waals surface area (Å²) in [5.41, 5.74) is 3.52. The van der Waals surface area contributed by atoms with Gasteiger partial charge in [-0.3, -0.25) is 4.98 Å².